The van der Waals surface area contributed by atoms with Crippen molar-refractivity contribution in [1.82, 2.24) is 19.6 Å². The smallest absolute Gasteiger partial charge is 0.274 e. The molecule has 5 rings (SSSR count). The van der Waals surface area contributed by atoms with E-state index in [9.17, 15) is 9.59 Å². The number of aromatic nitrogens is 2. The molecule has 2 amide bonds. The van der Waals surface area contributed by atoms with Crippen LogP contribution in [0.3, 0.4) is 0 Å². The van der Waals surface area contributed by atoms with Crippen LogP contribution in [0.2, 0.25) is 5.02 Å². The molecule has 188 valence electrons. The van der Waals surface area contributed by atoms with Crippen LogP contribution in [0.1, 0.15) is 54.9 Å². The van der Waals surface area contributed by atoms with Gasteiger partial charge in [-0.2, -0.15) is 5.10 Å². The number of carbonyl (C=O) groups is 2. The normalized spacial score (nSPS) is 22.8. The third-order valence-corrected chi connectivity index (χ3v) is 7.36. The van der Waals surface area contributed by atoms with Gasteiger partial charge in [0.2, 0.25) is 5.91 Å². The number of hydrogen-bond donors (Lipinski definition) is 0. The van der Waals surface area contributed by atoms with Crippen LogP contribution in [0.25, 0.3) is 0 Å². The maximum absolute atomic E-state index is 13.3. The van der Waals surface area contributed by atoms with E-state index >= 15 is 0 Å². The van der Waals surface area contributed by atoms with Crippen molar-refractivity contribution in [3.63, 3.8) is 0 Å². The van der Waals surface area contributed by atoms with E-state index in [1.807, 2.05) is 47.9 Å². The van der Waals surface area contributed by atoms with Crippen molar-refractivity contribution >= 4 is 23.4 Å². The summed E-state index contributed by atoms with van der Waals surface area (Å²) >= 11 is 5.95. The molecule has 2 saturated heterocycles. The molecule has 3 heterocycles. The van der Waals surface area contributed by atoms with Crippen molar-refractivity contribution in [3.8, 4) is 5.75 Å². The maximum Gasteiger partial charge on any atom is 0.274 e. The van der Waals surface area contributed by atoms with Crippen LogP contribution in [0, 0.1) is 0 Å². The predicted molar refractivity (Wildman–Crippen MR) is 132 cm³/mol. The molecule has 0 bridgehead atoms. The van der Waals surface area contributed by atoms with E-state index in [1.54, 1.807) is 4.68 Å². The zero-order valence-corrected chi connectivity index (χ0v) is 21.2. The molecule has 8 nitrogen and oxygen atoms in total. The molecule has 0 saturated carbocycles. The topological polar surface area (TPSA) is 76.9 Å². The highest BCUT2D eigenvalue weighted by molar-refractivity contribution is 6.30. The Balaban J connectivity index is 1.21. The first kappa shape index (κ1) is 24.1. The number of amides is 2. The molecule has 2 aliphatic heterocycles. The highest BCUT2D eigenvalue weighted by Crippen LogP contribution is 2.28. The minimum atomic E-state index is -0.0449. The van der Waals surface area contributed by atoms with E-state index in [0.29, 0.717) is 36.9 Å². The summed E-state index contributed by atoms with van der Waals surface area (Å²) in [4.78, 5) is 30.2. The van der Waals surface area contributed by atoms with E-state index in [0.717, 1.165) is 49.1 Å². The molecule has 1 aromatic heterocycles. The lowest BCUT2D eigenvalue weighted by Crippen LogP contribution is -2.48. The number of piperidine rings is 1. The second kappa shape index (κ2) is 10.2. The van der Waals surface area contributed by atoms with Gasteiger partial charge in [-0.15, -0.1) is 0 Å². The fourth-order valence-corrected chi connectivity index (χ4v) is 5.59. The summed E-state index contributed by atoms with van der Waals surface area (Å²) in [5.74, 6) is 0.795. The fourth-order valence-electron chi connectivity index (χ4n) is 5.46. The maximum atomic E-state index is 13.3. The Morgan fingerprint density at radius 3 is 2.43 bits per heavy atom. The van der Waals surface area contributed by atoms with Crippen LogP contribution < -0.4 is 4.74 Å². The number of likely N-dealkylation sites (tertiary alicyclic amines) is 1. The molecule has 1 aliphatic carbocycles. The Morgan fingerprint density at radius 2 is 1.74 bits per heavy atom. The van der Waals surface area contributed by atoms with Crippen molar-refractivity contribution in [3.05, 3.63) is 46.2 Å². The van der Waals surface area contributed by atoms with Crippen molar-refractivity contribution in [1.29, 1.82) is 0 Å². The standard InChI is InChI=1S/C26H33ClN4O4/c1-17-14-30(15-18(2)34-17)26(33)25-22-4-3-5-23(22)31(28-25)16-24(32)29-12-10-21(11-13-29)35-20-8-6-19(27)7-9-20/h6-9,17-18,21H,3-5,10-16H2,1-2H3/t17-,18+. The van der Waals surface area contributed by atoms with Crippen molar-refractivity contribution < 1.29 is 19.1 Å². The Morgan fingerprint density at radius 1 is 1.06 bits per heavy atom. The van der Waals surface area contributed by atoms with Gasteiger partial charge in [-0.1, -0.05) is 11.6 Å². The summed E-state index contributed by atoms with van der Waals surface area (Å²) in [5.41, 5.74) is 2.57. The second-order valence-corrected chi connectivity index (χ2v) is 10.3. The first-order valence-electron chi connectivity index (χ1n) is 12.6. The molecule has 9 heteroatoms. The van der Waals surface area contributed by atoms with Gasteiger partial charge in [0, 0.05) is 55.3 Å². The van der Waals surface area contributed by atoms with Crippen molar-refractivity contribution in [2.45, 2.75) is 70.8 Å². The zero-order valence-electron chi connectivity index (χ0n) is 20.4. The number of nitrogens with zero attached hydrogens (tertiary/aromatic N) is 4. The lowest BCUT2D eigenvalue weighted by Gasteiger charge is -2.35. The largest absolute Gasteiger partial charge is 0.490 e. The van der Waals surface area contributed by atoms with Crippen LogP contribution in [-0.2, 0) is 28.9 Å². The summed E-state index contributed by atoms with van der Waals surface area (Å²) in [5, 5.41) is 5.35. The van der Waals surface area contributed by atoms with Crippen LogP contribution in [0.5, 0.6) is 5.75 Å². The molecule has 2 atom stereocenters. The number of rotatable bonds is 5. The molecule has 0 radical (unpaired) electrons. The first-order valence-corrected chi connectivity index (χ1v) is 13.0. The zero-order chi connectivity index (χ0) is 24.5. The minimum Gasteiger partial charge on any atom is -0.490 e. The SMILES string of the molecule is C[C@@H]1CN(C(=O)c2nn(CC(=O)N3CCC(Oc4ccc(Cl)cc4)CC3)c3c2CCC3)C[C@H](C)O1. The summed E-state index contributed by atoms with van der Waals surface area (Å²) in [6.07, 6.45) is 4.34. The van der Waals surface area contributed by atoms with Crippen LogP contribution in [0.15, 0.2) is 24.3 Å². The van der Waals surface area contributed by atoms with E-state index < -0.39 is 0 Å². The van der Waals surface area contributed by atoms with E-state index in [1.165, 1.54) is 0 Å². The van der Waals surface area contributed by atoms with Gasteiger partial charge < -0.3 is 19.3 Å². The van der Waals surface area contributed by atoms with Gasteiger partial charge >= 0.3 is 0 Å². The first-order chi connectivity index (χ1) is 16.9. The van der Waals surface area contributed by atoms with Gasteiger partial charge in [-0.25, -0.2) is 0 Å². The van der Waals surface area contributed by atoms with Crippen LogP contribution >= 0.6 is 11.6 Å². The summed E-state index contributed by atoms with van der Waals surface area (Å²) in [7, 11) is 0. The average Bonchev–Trinajstić information content (AvgIpc) is 3.44. The molecule has 0 spiro atoms. The Hall–Kier alpha value is -2.58. The number of morpholine rings is 1. The molecule has 0 unspecified atom stereocenters. The third-order valence-electron chi connectivity index (χ3n) is 7.11. The van der Waals surface area contributed by atoms with Crippen LogP contribution in [0.4, 0.5) is 0 Å². The van der Waals surface area contributed by atoms with Gasteiger partial charge in [0.25, 0.3) is 5.91 Å². The molecule has 2 fully saturated rings. The Labute approximate surface area is 211 Å². The number of hydrogen-bond acceptors (Lipinski definition) is 5. The van der Waals surface area contributed by atoms with Crippen molar-refractivity contribution in [2.75, 3.05) is 26.2 Å². The van der Waals surface area contributed by atoms with E-state index in [4.69, 9.17) is 21.1 Å². The molecule has 0 N–H and O–H groups in total. The summed E-state index contributed by atoms with van der Waals surface area (Å²) in [6, 6.07) is 7.37. The Bertz CT molecular complexity index is 1070. The third kappa shape index (κ3) is 5.33. The Kier molecular flexibility index (Phi) is 7.02. The highest BCUT2D eigenvalue weighted by atomic mass is 35.5. The highest BCUT2D eigenvalue weighted by Gasteiger charge is 2.33. The average molecular weight is 501 g/mol. The fraction of sp³-hybridized carbons (Fsp3) is 0.577. The molecular weight excluding hydrogens is 468 g/mol. The minimum absolute atomic E-state index is 0.00557. The number of fused-ring (bicyclic) bond motifs is 1. The van der Waals surface area contributed by atoms with Gasteiger partial charge in [0.1, 0.15) is 18.4 Å². The number of carbonyl (C=O) groups excluding carboxylic acids is 2. The second-order valence-electron chi connectivity index (χ2n) is 9.90. The number of benzene rings is 1. The predicted octanol–water partition coefficient (Wildman–Crippen LogP) is 3.34. The molecule has 2 aromatic rings. The quantitative estimate of drug-likeness (QED) is 0.629. The van der Waals surface area contributed by atoms with Crippen LogP contribution in [-0.4, -0.2) is 75.9 Å². The van der Waals surface area contributed by atoms with Crippen molar-refractivity contribution in [2.24, 2.45) is 0 Å². The summed E-state index contributed by atoms with van der Waals surface area (Å²) in [6.45, 7) is 6.58. The van der Waals surface area contributed by atoms with Gasteiger partial charge in [0.15, 0.2) is 5.69 Å². The monoisotopic (exact) mass is 500 g/mol. The molecule has 35 heavy (non-hydrogen) atoms. The number of ether oxygens (including phenoxy) is 2. The molecule has 1 aromatic carbocycles. The van der Waals surface area contributed by atoms with E-state index in [-0.39, 0.29) is 36.7 Å². The lowest BCUT2D eigenvalue weighted by molar-refractivity contribution is -0.133. The van der Waals surface area contributed by atoms with Gasteiger partial charge in [0.05, 0.1) is 12.2 Å². The molecule has 3 aliphatic rings. The van der Waals surface area contributed by atoms with E-state index in [2.05, 4.69) is 5.10 Å². The summed E-state index contributed by atoms with van der Waals surface area (Å²) < 4.78 is 13.6. The molecular formula is C26H33ClN4O4. The van der Waals surface area contributed by atoms with Gasteiger partial charge in [-0.3, -0.25) is 14.3 Å². The lowest BCUT2D eigenvalue weighted by atomic mass is 10.1. The van der Waals surface area contributed by atoms with Gasteiger partial charge in [-0.05, 0) is 57.4 Å². The number of halogens is 1.